The first-order valence-electron chi connectivity index (χ1n) is 6.56. The average molecular weight is 231 g/mol. The first-order valence-corrected chi connectivity index (χ1v) is 6.56. The van der Waals surface area contributed by atoms with E-state index in [1.807, 2.05) is 13.0 Å². The van der Waals surface area contributed by atoms with Gasteiger partial charge in [-0.1, -0.05) is 19.1 Å². The number of hydrogen-bond acceptors (Lipinski definition) is 2. The maximum Gasteiger partial charge on any atom is 0.162 e. The van der Waals surface area contributed by atoms with E-state index in [2.05, 4.69) is 30.9 Å². The van der Waals surface area contributed by atoms with Crippen LogP contribution in [0.3, 0.4) is 0 Å². The van der Waals surface area contributed by atoms with Crippen LogP contribution in [0.2, 0.25) is 0 Å². The van der Waals surface area contributed by atoms with Crippen LogP contribution in [0.5, 0.6) is 0 Å². The van der Waals surface area contributed by atoms with E-state index in [-0.39, 0.29) is 5.78 Å². The molecule has 0 spiro atoms. The third-order valence-corrected chi connectivity index (χ3v) is 3.51. The van der Waals surface area contributed by atoms with Crippen molar-refractivity contribution in [3.63, 3.8) is 0 Å². The molecule has 1 heterocycles. The quantitative estimate of drug-likeness (QED) is 0.743. The molecule has 2 nitrogen and oxygen atoms in total. The summed E-state index contributed by atoms with van der Waals surface area (Å²) in [6.45, 7) is 7.45. The van der Waals surface area contributed by atoms with Crippen LogP contribution >= 0.6 is 0 Å². The minimum atomic E-state index is 0.238. The van der Waals surface area contributed by atoms with Gasteiger partial charge in [0.1, 0.15) is 0 Å². The zero-order valence-corrected chi connectivity index (χ0v) is 11.0. The van der Waals surface area contributed by atoms with Gasteiger partial charge in [-0.3, -0.25) is 4.79 Å². The van der Waals surface area contributed by atoms with E-state index >= 15 is 0 Å². The Morgan fingerprint density at radius 2 is 2.18 bits per heavy atom. The molecular weight excluding hydrogens is 210 g/mol. The summed E-state index contributed by atoms with van der Waals surface area (Å²) in [6.07, 6.45) is 2.94. The number of rotatable bonds is 3. The number of aryl methyl sites for hydroxylation is 1. The van der Waals surface area contributed by atoms with Gasteiger partial charge in [0.2, 0.25) is 0 Å². The fraction of sp³-hybridized carbons (Fsp3) is 0.533. The summed E-state index contributed by atoms with van der Waals surface area (Å²) in [7, 11) is 0. The van der Waals surface area contributed by atoms with Crippen molar-refractivity contribution >= 4 is 11.5 Å². The lowest BCUT2D eigenvalue weighted by Crippen LogP contribution is -2.35. The smallest absolute Gasteiger partial charge is 0.162 e. The molecule has 0 saturated carbocycles. The van der Waals surface area contributed by atoms with Crippen molar-refractivity contribution in [1.29, 1.82) is 0 Å². The van der Waals surface area contributed by atoms with Gasteiger partial charge in [0, 0.05) is 30.3 Å². The number of anilines is 1. The molecule has 0 atom stereocenters. The van der Waals surface area contributed by atoms with E-state index in [0.29, 0.717) is 12.5 Å². The molecule has 92 valence electrons. The van der Waals surface area contributed by atoms with Crippen molar-refractivity contribution in [2.75, 3.05) is 11.4 Å². The third-order valence-electron chi connectivity index (χ3n) is 3.51. The van der Waals surface area contributed by atoms with E-state index in [4.69, 9.17) is 0 Å². The van der Waals surface area contributed by atoms with Gasteiger partial charge in [-0.05, 0) is 38.3 Å². The predicted octanol–water partition coefficient (Wildman–Crippen LogP) is 3.44. The molecular formula is C15H21NO. The van der Waals surface area contributed by atoms with Gasteiger partial charge < -0.3 is 4.90 Å². The summed E-state index contributed by atoms with van der Waals surface area (Å²) in [5, 5.41) is 0. The number of carbonyl (C=O) groups excluding carboxylic acids is 1. The monoisotopic (exact) mass is 231 g/mol. The number of nitrogens with zero attached hydrogens (tertiary/aromatic N) is 1. The average Bonchev–Trinajstić information content (AvgIpc) is 2.36. The molecule has 2 rings (SSSR count). The Hall–Kier alpha value is -1.31. The van der Waals surface area contributed by atoms with Crippen molar-refractivity contribution in [2.24, 2.45) is 0 Å². The maximum absolute atomic E-state index is 11.8. The molecule has 0 aromatic heterocycles. The summed E-state index contributed by atoms with van der Waals surface area (Å²) >= 11 is 0. The highest BCUT2D eigenvalue weighted by atomic mass is 16.1. The highest BCUT2D eigenvalue weighted by molar-refractivity contribution is 5.97. The zero-order chi connectivity index (χ0) is 12.4. The van der Waals surface area contributed by atoms with E-state index in [1.54, 1.807) is 0 Å². The van der Waals surface area contributed by atoms with Crippen LogP contribution in [0.25, 0.3) is 0 Å². The van der Waals surface area contributed by atoms with Gasteiger partial charge in [-0.15, -0.1) is 0 Å². The number of Topliss-reactive ketones (excluding diaryl/α,β-unsaturated/α-hetero) is 1. The van der Waals surface area contributed by atoms with E-state index in [9.17, 15) is 4.79 Å². The second-order valence-electron chi connectivity index (χ2n) is 5.01. The Labute approximate surface area is 104 Å². The number of benzene rings is 1. The molecule has 0 N–H and O–H groups in total. The third kappa shape index (κ3) is 2.36. The van der Waals surface area contributed by atoms with E-state index in [1.165, 1.54) is 17.7 Å². The molecule has 1 aromatic rings. The molecule has 1 aliphatic heterocycles. The van der Waals surface area contributed by atoms with Crippen LogP contribution in [-0.4, -0.2) is 18.4 Å². The fourth-order valence-electron chi connectivity index (χ4n) is 2.52. The fourth-order valence-corrected chi connectivity index (χ4v) is 2.52. The Bertz CT molecular complexity index is 423. The Morgan fingerprint density at radius 1 is 1.41 bits per heavy atom. The molecule has 0 fully saturated rings. The van der Waals surface area contributed by atoms with Crippen LogP contribution in [0.1, 0.15) is 49.5 Å². The van der Waals surface area contributed by atoms with Gasteiger partial charge in [0.25, 0.3) is 0 Å². The van der Waals surface area contributed by atoms with Crippen molar-refractivity contribution < 1.29 is 4.79 Å². The summed E-state index contributed by atoms with van der Waals surface area (Å²) in [4.78, 5) is 14.2. The molecule has 1 aliphatic rings. The van der Waals surface area contributed by atoms with Gasteiger partial charge >= 0.3 is 0 Å². The van der Waals surface area contributed by atoms with Gasteiger partial charge in [0.05, 0.1) is 0 Å². The molecule has 0 amide bonds. The predicted molar refractivity (Wildman–Crippen MR) is 71.9 cm³/mol. The Morgan fingerprint density at radius 3 is 2.82 bits per heavy atom. The second-order valence-corrected chi connectivity index (χ2v) is 5.01. The van der Waals surface area contributed by atoms with Crippen molar-refractivity contribution in [3.05, 3.63) is 29.3 Å². The largest absolute Gasteiger partial charge is 0.369 e. The van der Waals surface area contributed by atoms with Crippen LogP contribution in [0.15, 0.2) is 18.2 Å². The normalized spacial score (nSPS) is 14.9. The highest BCUT2D eigenvalue weighted by Gasteiger charge is 2.20. The molecule has 2 heteroatoms. The lowest BCUT2D eigenvalue weighted by molar-refractivity contribution is 0.0988. The minimum Gasteiger partial charge on any atom is -0.369 e. The van der Waals surface area contributed by atoms with Gasteiger partial charge in [0.15, 0.2) is 5.78 Å². The first kappa shape index (κ1) is 12.2. The summed E-state index contributed by atoms with van der Waals surface area (Å²) in [5.74, 6) is 0.238. The SMILES string of the molecule is CCC(=O)c1ccc2c(c1)N(C(C)C)CCC2. The van der Waals surface area contributed by atoms with Crippen molar-refractivity contribution in [3.8, 4) is 0 Å². The lowest BCUT2D eigenvalue weighted by Gasteiger charge is -2.35. The Balaban J connectivity index is 2.40. The number of ketones is 1. The number of fused-ring (bicyclic) bond motifs is 1. The summed E-state index contributed by atoms with van der Waals surface area (Å²) in [5.41, 5.74) is 3.52. The second kappa shape index (κ2) is 4.91. The van der Waals surface area contributed by atoms with Crippen LogP contribution < -0.4 is 4.90 Å². The molecule has 0 bridgehead atoms. The van der Waals surface area contributed by atoms with Crippen LogP contribution in [-0.2, 0) is 6.42 Å². The standard InChI is InChI=1S/C15H21NO/c1-4-15(17)13-8-7-12-6-5-9-16(11(2)3)14(12)10-13/h7-8,10-11H,4-6,9H2,1-3H3. The van der Waals surface area contributed by atoms with E-state index in [0.717, 1.165) is 18.5 Å². The molecule has 1 aromatic carbocycles. The molecule has 17 heavy (non-hydrogen) atoms. The highest BCUT2D eigenvalue weighted by Crippen LogP contribution is 2.30. The van der Waals surface area contributed by atoms with Crippen LogP contribution in [0.4, 0.5) is 5.69 Å². The summed E-state index contributed by atoms with van der Waals surface area (Å²) < 4.78 is 0. The minimum absolute atomic E-state index is 0.238. The van der Waals surface area contributed by atoms with Crippen molar-refractivity contribution in [2.45, 2.75) is 46.1 Å². The molecule has 0 aliphatic carbocycles. The van der Waals surface area contributed by atoms with Gasteiger partial charge in [-0.2, -0.15) is 0 Å². The molecule has 0 unspecified atom stereocenters. The first-order chi connectivity index (χ1) is 8.13. The molecule has 0 radical (unpaired) electrons. The topological polar surface area (TPSA) is 20.3 Å². The van der Waals surface area contributed by atoms with E-state index < -0.39 is 0 Å². The number of carbonyl (C=O) groups is 1. The lowest BCUT2D eigenvalue weighted by atomic mass is 9.97. The zero-order valence-electron chi connectivity index (χ0n) is 11.0. The molecule has 0 saturated heterocycles. The summed E-state index contributed by atoms with van der Waals surface area (Å²) in [6, 6.07) is 6.70. The maximum atomic E-state index is 11.8. The van der Waals surface area contributed by atoms with Gasteiger partial charge in [-0.25, -0.2) is 0 Å². The van der Waals surface area contributed by atoms with Crippen molar-refractivity contribution in [1.82, 2.24) is 0 Å². The van der Waals surface area contributed by atoms with Crippen LogP contribution in [0, 0.1) is 0 Å². The Kier molecular flexibility index (Phi) is 3.51. The number of hydrogen-bond donors (Lipinski definition) is 0.